The van der Waals surface area contributed by atoms with Crippen LogP contribution in [0.4, 0.5) is 0 Å². The van der Waals surface area contributed by atoms with E-state index >= 15 is 0 Å². The maximum absolute atomic E-state index is 6.24. The van der Waals surface area contributed by atoms with Crippen LogP contribution in [-0.2, 0) is 0 Å². The van der Waals surface area contributed by atoms with Crippen molar-refractivity contribution in [3.63, 3.8) is 0 Å². The first-order valence-corrected chi connectivity index (χ1v) is 16.6. The lowest BCUT2D eigenvalue weighted by Gasteiger charge is -2.11. The summed E-state index contributed by atoms with van der Waals surface area (Å²) < 4.78 is 8.55. The van der Waals surface area contributed by atoms with E-state index in [2.05, 4.69) is 77.4 Å². The van der Waals surface area contributed by atoms with Crippen molar-refractivity contribution in [1.29, 1.82) is 0 Å². The van der Waals surface area contributed by atoms with Gasteiger partial charge in [0.05, 0.1) is 11.0 Å². The average molecular weight is 642 g/mol. The van der Waals surface area contributed by atoms with Gasteiger partial charge in [-0.1, -0.05) is 115 Å². The molecule has 6 nitrogen and oxygen atoms in total. The van der Waals surface area contributed by atoms with Gasteiger partial charge in [-0.3, -0.25) is 4.98 Å². The number of benzene rings is 6. The molecule has 6 heteroatoms. The first-order valence-electron chi connectivity index (χ1n) is 16.6. The van der Waals surface area contributed by atoms with E-state index in [1.54, 1.807) is 0 Å². The standard InChI is InChI=1S/C44H27N5O/c1-3-11-28(12-4-1)42-46-43(29-13-5-2-6-14-29)48-44(47-42)37-27-32(23-24-45-37)49-38-17-9-7-15-33(38)34-21-19-30(25-39(34)49)31-20-22-36-35-16-8-10-18-40(35)50-41(36)26-31/h1-27H. The van der Waals surface area contributed by atoms with Crippen molar-refractivity contribution in [2.24, 2.45) is 0 Å². The molecule has 0 aliphatic heterocycles. The van der Waals surface area contributed by atoms with Gasteiger partial charge in [-0.25, -0.2) is 15.0 Å². The van der Waals surface area contributed by atoms with Gasteiger partial charge in [-0.15, -0.1) is 0 Å². The Bertz CT molecular complexity index is 2820. The summed E-state index contributed by atoms with van der Waals surface area (Å²) in [4.78, 5) is 19.5. The molecule has 0 aliphatic carbocycles. The Hall–Kier alpha value is -6.92. The summed E-state index contributed by atoms with van der Waals surface area (Å²) in [6, 6.07) is 54.0. The molecule has 0 atom stereocenters. The van der Waals surface area contributed by atoms with Crippen molar-refractivity contribution in [1.82, 2.24) is 24.5 Å². The summed E-state index contributed by atoms with van der Waals surface area (Å²) in [5.41, 5.74) is 9.64. The van der Waals surface area contributed by atoms with Crippen LogP contribution >= 0.6 is 0 Å². The summed E-state index contributed by atoms with van der Waals surface area (Å²) in [7, 11) is 0. The van der Waals surface area contributed by atoms with Crippen LogP contribution in [0.3, 0.4) is 0 Å². The highest BCUT2D eigenvalue weighted by molar-refractivity contribution is 6.11. The number of nitrogens with zero attached hydrogens (tertiary/aromatic N) is 5. The highest BCUT2D eigenvalue weighted by Crippen LogP contribution is 2.37. The lowest BCUT2D eigenvalue weighted by molar-refractivity contribution is 0.669. The topological polar surface area (TPSA) is 69.6 Å². The molecule has 0 fully saturated rings. The van der Waals surface area contributed by atoms with Crippen LogP contribution in [0.25, 0.3) is 94.9 Å². The third-order valence-corrected chi connectivity index (χ3v) is 9.32. The third-order valence-electron chi connectivity index (χ3n) is 9.32. The molecule has 0 bridgehead atoms. The predicted octanol–water partition coefficient (Wildman–Crippen LogP) is 10.9. The van der Waals surface area contributed by atoms with Gasteiger partial charge >= 0.3 is 0 Å². The van der Waals surface area contributed by atoms with Gasteiger partial charge < -0.3 is 8.98 Å². The molecule has 10 aromatic rings. The van der Waals surface area contributed by atoms with E-state index in [4.69, 9.17) is 24.4 Å². The van der Waals surface area contributed by atoms with Crippen LogP contribution in [0.1, 0.15) is 0 Å². The summed E-state index contributed by atoms with van der Waals surface area (Å²) in [5, 5.41) is 4.60. The van der Waals surface area contributed by atoms with Gasteiger partial charge in [-0.05, 0) is 53.6 Å². The minimum atomic E-state index is 0.514. The Kier molecular flexibility index (Phi) is 6.39. The second kappa shape index (κ2) is 11.4. The monoisotopic (exact) mass is 641 g/mol. The molecule has 50 heavy (non-hydrogen) atoms. The van der Waals surface area contributed by atoms with Gasteiger partial charge in [-0.2, -0.15) is 0 Å². The Morgan fingerprint density at radius 3 is 1.74 bits per heavy atom. The van der Waals surface area contributed by atoms with E-state index in [0.717, 1.165) is 60.9 Å². The second-order valence-electron chi connectivity index (χ2n) is 12.3. The van der Waals surface area contributed by atoms with E-state index in [1.165, 1.54) is 10.8 Å². The second-order valence-corrected chi connectivity index (χ2v) is 12.3. The van der Waals surface area contributed by atoms with Crippen molar-refractivity contribution in [2.45, 2.75) is 0 Å². The Morgan fingerprint density at radius 1 is 0.400 bits per heavy atom. The van der Waals surface area contributed by atoms with Crippen molar-refractivity contribution >= 4 is 43.7 Å². The molecule has 4 aromatic heterocycles. The van der Waals surface area contributed by atoms with E-state index in [0.29, 0.717) is 23.2 Å². The lowest BCUT2D eigenvalue weighted by Crippen LogP contribution is -2.02. The van der Waals surface area contributed by atoms with Crippen LogP contribution in [0.5, 0.6) is 0 Å². The van der Waals surface area contributed by atoms with E-state index < -0.39 is 0 Å². The summed E-state index contributed by atoms with van der Waals surface area (Å²) in [6.07, 6.45) is 1.83. The molecule has 0 radical (unpaired) electrons. The van der Waals surface area contributed by atoms with Gasteiger partial charge in [0.25, 0.3) is 0 Å². The zero-order valence-electron chi connectivity index (χ0n) is 26.7. The first-order chi connectivity index (χ1) is 24.8. The van der Waals surface area contributed by atoms with Gasteiger partial charge in [0.1, 0.15) is 16.9 Å². The van der Waals surface area contributed by atoms with E-state index in [9.17, 15) is 0 Å². The summed E-state index contributed by atoms with van der Waals surface area (Å²) >= 11 is 0. The average Bonchev–Trinajstić information content (AvgIpc) is 3.73. The quantitative estimate of drug-likeness (QED) is 0.187. The number of hydrogen-bond acceptors (Lipinski definition) is 5. The Morgan fingerprint density at radius 2 is 0.980 bits per heavy atom. The Balaban J connectivity index is 1.14. The molecule has 0 spiro atoms. The van der Waals surface area contributed by atoms with Crippen LogP contribution < -0.4 is 0 Å². The maximum Gasteiger partial charge on any atom is 0.182 e. The fourth-order valence-electron chi connectivity index (χ4n) is 6.94. The van der Waals surface area contributed by atoms with Crippen molar-refractivity contribution in [3.05, 3.63) is 164 Å². The number of furan rings is 1. The zero-order chi connectivity index (χ0) is 33.0. The number of hydrogen-bond donors (Lipinski definition) is 0. The van der Waals surface area contributed by atoms with Crippen molar-refractivity contribution in [2.75, 3.05) is 0 Å². The molecule has 10 rings (SSSR count). The Labute approximate surface area is 287 Å². The van der Waals surface area contributed by atoms with Gasteiger partial charge in [0.2, 0.25) is 0 Å². The summed E-state index contributed by atoms with van der Waals surface area (Å²) in [5.74, 6) is 1.72. The molecular formula is C44H27N5O. The highest BCUT2D eigenvalue weighted by atomic mass is 16.3. The molecule has 0 saturated carbocycles. The highest BCUT2D eigenvalue weighted by Gasteiger charge is 2.17. The fraction of sp³-hybridized carbons (Fsp3) is 0. The molecule has 4 heterocycles. The molecule has 0 N–H and O–H groups in total. The predicted molar refractivity (Wildman–Crippen MR) is 201 cm³/mol. The van der Waals surface area contributed by atoms with Gasteiger partial charge in [0, 0.05) is 44.6 Å². The summed E-state index contributed by atoms with van der Waals surface area (Å²) in [6.45, 7) is 0. The fourth-order valence-corrected chi connectivity index (χ4v) is 6.94. The zero-order valence-corrected chi connectivity index (χ0v) is 26.7. The minimum Gasteiger partial charge on any atom is -0.456 e. The van der Waals surface area contributed by atoms with Crippen LogP contribution in [0.2, 0.25) is 0 Å². The number of aromatic nitrogens is 5. The van der Waals surface area contributed by atoms with Crippen LogP contribution in [0.15, 0.2) is 168 Å². The normalized spacial score (nSPS) is 11.6. The first kappa shape index (κ1) is 28.1. The van der Waals surface area contributed by atoms with Crippen LogP contribution in [-0.4, -0.2) is 24.5 Å². The SMILES string of the molecule is c1ccc(-c2nc(-c3ccccc3)nc(-c3cc(-n4c5ccccc5c5ccc(-c6ccc7c(c6)oc6ccccc67)cc54)ccn3)n2)cc1. The molecule has 234 valence electrons. The lowest BCUT2D eigenvalue weighted by atomic mass is 10.0. The molecule has 0 unspecified atom stereocenters. The smallest absolute Gasteiger partial charge is 0.182 e. The number of pyridine rings is 1. The van der Waals surface area contributed by atoms with Crippen molar-refractivity contribution < 1.29 is 4.42 Å². The van der Waals surface area contributed by atoms with E-state index in [-0.39, 0.29) is 0 Å². The van der Waals surface area contributed by atoms with E-state index in [1.807, 2.05) is 91.1 Å². The van der Waals surface area contributed by atoms with Gasteiger partial charge in [0.15, 0.2) is 17.5 Å². The number of para-hydroxylation sites is 2. The molecule has 6 aromatic carbocycles. The van der Waals surface area contributed by atoms with Crippen molar-refractivity contribution in [3.8, 4) is 51.1 Å². The maximum atomic E-state index is 6.24. The molecule has 0 amide bonds. The minimum absolute atomic E-state index is 0.514. The third kappa shape index (κ3) is 4.65. The molecule has 0 saturated heterocycles. The molecule has 0 aliphatic rings. The number of fused-ring (bicyclic) bond motifs is 6. The van der Waals surface area contributed by atoms with Crippen LogP contribution in [0, 0.1) is 0 Å². The largest absolute Gasteiger partial charge is 0.456 e. The number of rotatable bonds is 5. The molecular weight excluding hydrogens is 615 g/mol.